The van der Waals surface area contributed by atoms with Crippen LogP contribution in [-0.2, 0) is 6.54 Å². The second-order valence-electron chi connectivity index (χ2n) is 5.57. The number of aryl methyl sites for hydroxylation is 1. The standard InChI is InChI=1S/C16H21N3S.ClH/c1-12-4-2-3-5-15(12)13-6-8-19(9-7-13)11-14-10-18-16(17)20-14;/h2-5,10,13H,6-9,11H2,1H3,(H2,17,18);1H. The molecule has 0 saturated carbocycles. The fraction of sp³-hybridized carbons (Fsp3) is 0.438. The predicted octanol–water partition coefficient (Wildman–Crippen LogP) is 3.84. The zero-order valence-corrected chi connectivity index (χ0v) is 13.9. The van der Waals surface area contributed by atoms with Crippen molar-refractivity contribution in [2.75, 3.05) is 18.8 Å². The first-order valence-electron chi connectivity index (χ1n) is 7.20. The van der Waals surface area contributed by atoms with E-state index in [-0.39, 0.29) is 12.4 Å². The topological polar surface area (TPSA) is 42.2 Å². The highest BCUT2D eigenvalue weighted by molar-refractivity contribution is 7.15. The number of aromatic nitrogens is 1. The minimum atomic E-state index is 0. The van der Waals surface area contributed by atoms with Gasteiger partial charge in [-0.05, 0) is 49.9 Å². The molecule has 3 rings (SSSR count). The van der Waals surface area contributed by atoms with E-state index in [2.05, 4.69) is 41.1 Å². The van der Waals surface area contributed by atoms with E-state index in [4.69, 9.17) is 5.73 Å². The first-order valence-corrected chi connectivity index (χ1v) is 8.02. The molecule has 1 fully saturated rings. The summed E-state index contributed by atoms with van der Waals surface area (Å²) in [5.41, 5.74) is 8.66. The molecule has 5 heteroatoms. The molecule has 0 aliphatic carbocycles. The highest BCUT2D eigenvalue weighted by atomic mass is 35.5. The Hall–Kier alpha value is -1.10. The third kappa shape index (κ3) is 3.96. The zero-order chi connectivity index (χ0) is 13.9. The van der Waals surface area contributed by atoms with Gasteiger partial charge in [0.1, 0.15) is 0 Å². The maximum absolute atomic E-state index is 5.69. The van der Waals surface area contributed by atoms with Crippen LogP contribution in [0.25, 0.3) is 0 Å². The van der Waals surface area contributed by atoms with Gasteiger partial charge in [0.2, 0.25) is 0 Å². The monoisotopic (exact) mass is 323 g/mol. The van der Waals surface area contributed by atoms with Gasteiger partial charge in [-0.1, -0.05) is 24.3 Å². The zero-order valence-electron chi connectivity index (χ0n) is 12.3. The molecule has 21 heavy (non-hydrogen) atoms. The highest BCUT2D eigenvalue weighted by Crippen LogP contribution is 2.31. The van der Waals surface area contributed by atoms with Crippen molar-refractivity contribution < 1.29 is 0 Å². The van der Waals surface area contributed by atoms with Crippen LogP contribution >= 0.6 is 23.7 Å². The number of nitrogens with zero attached hydrogens (tertiary/aromatic N) is 2. The lowest BCUT2D eigenvalue weighted by atomic mass is 9.87. The van der Waals surface area contributed by atoms with E-state index in [1.54, 1.807) is 11.3 Å². The van der Waals surface area contributed by atoms with E-state index >= 15 is 0 Å². The number of anilines is 1. The van der Waals surface area contributed by atoms with E-state index in [0.717, 1.165) is 25.6 Å². The van der Waals surface area contributed by atoms with Crippen LogP contribution in [0, 0.1) is 6.92 Å². The molecule has 2 aromatic rings. The number of rotatable bonds is 3. The van der Waals surface area contributed by atoms with Crippen molar-refractivity contribution in [2.24, 2.45) is 0 Å². The van der Waals surface area contributed by atoms with Crippen LogP contribution in [0.1, 0.15) is 34.8 Å². The molecule has 1 aliphatic rings. The summed E-state index contributed by atoms with van der Waals surface area (Å²) in [7, 11) is 0. The molecule has 0 spiro atoms. The maximum atomic E-state index is 5.69. The van der Waals surface area contributed by atoms with Gasteiger partial charge in [0.25, 0.3) is 0 Å². The van der Waals surface area contributed by atoms with Gasteiger partial charge in [-0.25, -0.2) is 4.98 Å². The third-order valence-electron chi connectivity index (χ3n) is 4.17. The van der Waals surface area contributed by atoms with E-state index in [9.17, 15) is 0 Å². The maximum Gasteiger partial charge on any atom is 0.180 e. The summed E-state index contributed by atoms with van der Waals surface area (Å²) in [6.07, 6.45) is 4.41. The average Bonchev–Trinajstić information content (AvgIpc) is 2.86. The molecule has 1 aromatic heterocycles. The highest BCUT2D eigenvalue weighted by Gasteiger charge is 2.21. The van der Waals surface area contributed by atoms with Crippen molar-refractivity contribution >= 4 is 28.9 Å². The molecule has 1 aliphatic heterocycles. The second-order valence-corrected chi connectivity index (χ2v) is 6.72. The van der Waals surface area contributed by atoms with Gasteiger partial charge in [-0.2, -0.15) is 0 Å². The fourth-order valence-corrected chi connectivity index (χ4v) is 3.79. The first-order chi connectivity index (χ1) is 9.72. The Kier molecular flexibility index (Phi) is 5.62. The predicted molar refractivity (Wildman–Crippen MR) is 92.2 cm³/mol. The van der Waals surface area contributed by atoms with Crippen molar-refractivity contribution in [3.8, 4) is 0 Å². The minimum absolute atomic E-state index is 0. The number of hydrogen-bond acceptors (Lipinski definition) is 4. The van der Waals surface area contributed by atoms with Crippen molar-refractivity contribution in [3.63, 3.8) is 0 Å². The van der Waals surface area contributed by atoms with Gasteiger partial charge in [0, 0.05) is 17.6 Å². The molecule has 3 nitrogen and oxygen atoms in total. The first kappa shape index (κ1) is 16.3. The van der Waals surface area contributed by atoms with Crippen LogP contribution in [0.15, 0.2) is 30.5 Å². The van der Waals surface area contributed by atoms with Gasteiger partial charge >= 0.3 is 0 Å². The lowest BCUT2D eigenvalue weighted by Gasteiger charge is -2.32. The Morgan fingerprint density at radius 3 is 2.62 bits per heavy atom. The molecule has 0 radical (unpaired) electrons. The van der Waals surface area contributed by atoms with Crippen LogP contribution < -0.4 is 5.73 Å². The van der Waals surface area contributed by atoms with Crippen LogP contribution in [0.4, 0.5) is 5.13 Å². The van der Waals surface area contributed by atoms with Crippen LogP contribution in [0.3, 0.4) is 0 Å². The second kappa shape index (κ2) is 7.25. The van der Waals surface area contributed by atoms with E-state index in [1.807, 2.05) is 6.20 Å². The largest absolute Gasteiger partial charge is 0.375 e. The third-order valence-corrected chi connectivity index (χ3v) is 4.98. The number of hydrogen-bond donors (Lipinski definition) is 1. The molecule has 114 valence electrons. The summed E-state index contributed by atoms with van der Waals surface area (Å²) in [4.78, 5) is 7.92. The molecule has 0 unspecified atom stereocenters. The Bertz CT molecular complexity index is 576. The number of piperidine rings is 1. The summed E-state index contributed by atoms with van der Waals surface area (Å²) in [6.45, 7) is 5.55. The summed E-state index contributed by atoms with van der Waals surface area (Å²) in [5, 5.41) is 0.676. The summed E-state index contributed by atoms with van der Waals surface area (Å²) in [6, 6.07) is 8.80. The lowest BCUT2D eigenvalue weighted by Crippen LogP contribution is -2.32. The van der Waals surface area contributed by atoms with Gasteiger partial charge in [0.15, 0.2) is 5.13 Å². The SMILES string of the molecule is Cc1ccccc1C1CCN(Cc2cnc(N)s2)CC1.Cl. The average molecular weight is 324 g/mol. The quantitative estimate of drug-likeness (QED) is 0.933. The Morgan fingerprint density at radius 1 is 1.29 bits per heavy atom. The Morgan fingerprint density at radius 2 is 2.00 bits per heavy atom. The van der Waals surface area contributed by atoms with Gasteiger partial charge < -0.3 is 5.73 Å². The van der Waals surface area contributed by atoms with Crippen molar-refractivity contribution in [1.82, 2.24) is 9.88 Å². The Balaban J connectivity index is 0.00000161. The van der Waals surface area contributed by atoms with Crippen molar-refractivity contribution in [1.29, 1.82) is 0 Å². The summed E-state index contributed by atoms with van der Waals surface area (Å²) in [5.74, 6) is 0.721. The number of thiazole rings is 1. The summed E-state index contributed by atoms with van der Waals surface area (Å²) >= 11 is 1.61. The number of nitrogen functional groups attached to an aromatic ring is 1. The van der Waals surface area contributed by atoms with Crippen molar-refractivity contribution in [3.05, 3.63) is 46.5 Å². The molecule has 1 saturated heterocycles. The summed E-state index contributed by atoms with van der Waals surface area (Å²) < 4.78 is 0. The van der Waals surface area contributed by atoms with Gasteiger partial charge in [-0.3, -0.25) is 4.90 Å². The molecule has 0 amide bonds. The molecular weight excluding hydrogens is 302 g/mol. The Labute approximate surface area is 136 Å². The normalized spacial score (nSPS) is 16.6. The van der Waals surface area contributed by atoms with Crippen LogP contribution in [-0.4, -0.2) is 23.0 Å². The van der Waals surface area contributed by atoms with E-state index < -0.39 is 0 Å². The van der Waals surface area contributed by atoms with Gasteiger partial charge in [0.05, 0.1) is 0 Å². The van der Waals surface area contributed by atoms with Crippen LogP contribution in [0.2, 0.25) is 0 Å². The van der Waals surface area contributed by atoms with E-state index in [0.29, 0.717) is 5.13 Å². The number of benzene rings is 1. The number of nitrogens with two attached hydrogens (primary N) is 1. The number of likely N-dealkylation sites (tertiary alicyclic amines) is 1. The van der Waals surface area contributed by atoms with E-state index in [1.165, 1.54) is 28.8 Å². The molecule has 0 atom stereocenters. The molecule has 2 N–H and O–H groups in total. The molecule has 0 bridgehead atoms. The smallest absolute Gasteiger partial charge is 0.180 e. The molecule has 1 aromatic carbocycles. The van der Waals surface area contributed by atoms with Crippen molar-refractivity contribution in [2.45, 2.75) is 32.2 Å². The van der Waals surface area contributed by atoms with Crippen LogP contribution in [0.5, 0.6) is 0 Å². The fourth-order valence-electron chi connectivity index (χ4n) is 3.06. The van der Waals surface area contributed by atoms with Gasteiger partial charge in [-0.15, -0.1) is 23.7 Å². The minimum Gasteiger partial charge on any atom is -0.375 e. The lowest BCUT2D eigenvalue weighted by molar-refractivity contribution is 0.206. The number of halogens is 1. The molecular formula is C16H22ClN3S. The molecule has 2 heterocycles.